The van der Waals surface area contributed by atoms with E-state index >= 15 is 0 Å². The Morgan fingerprint density at radius 2 is 1.86 bits per heavy atom. The van der Waals surface area contributed by atoms with Gasteiger partial charge in [-0.1, -0.05) is 18.2 Å². The van der Waals surface area contributed by atoms with Crippen LogP contribution in [-0.4, -0.2) is 41.0 Å². The number of carbonyl (C=O) groups excluding carboxylic acids is 2. The van der Waals surface area contributed by atoms with Crippen LogP contribution in [0.4, 0.5) is 0 Å². The van der Waals surface area contributed by atoms with E-state index in [-0.39, 0.29) is 5.91 Å². The first-order chi connectivity index (χ1) is 10.3. The largest absolute Gasteiger partial charge is 0.447 e. The van der Waals surface area contributed by atoms with Crippen LogP contribution in [0.1, 0.15) is 36.7 Å². The van der Waals surface area contributed by atoms with Gasteiger partial charge < -0.3 is 9.47 Å². The van der Waals surface area contributed by atoms with Gasteiger partial charge in [0.25, 0.3) is 11.8 Å². The van der Waals surface area contributed by atoms with Crippen molar-refractivity contribution in [3.63, 3.8) is 0 Å². The number of hydrogen-bond donors (Lipinski definition) is 0. The summed E-state index contributed by atoms with van der Waals surface area (Å²) in [5.74, 6) is -1.25. The lowest BCUT2D eigenvalue weighted by Crippen LogP contribution is -2.81. The third-order valence-electron chi connectivity index (χ3n) is 5.09. The minimum Gasteiger partial charge on any atom is -0.447 e. The molecule has 0 bridgehead atoms. The van der Waals surface area contributed by atoms with E-state index in [0.29, 0.717) is 17.0 Å². The second-order valence-electron chi connectivity index (χ2n) is 6.25. The number of amides is 2. The molecule has 0 saturated carbocycles. The molecule has 0 N–H and O–H groups in total. The molecule has 114 valence electrons. The number of hydrogen-bond acceptors (Lipinski definition) is 5. The quantitative estimate of drug-likeness (QED) is 0.680. The molecule has 4 rings (SSSR count). The summed E-state index contributed by atoms with van der Waals surface area (Å²) in [5.41, 5.74) is -1.21. The lowest BCUT2D eigenvalue weighted by molar-refractivity contribution is -0.382. The van der Waals surface area contributed by atoms with Gasteiger partial charge in [0.15, 0.2) is 11.4 Å². The fraction of sp³-hybridized carbons (Fsp3) is 0.438. The summed E-state index contributed by atoms with van der Waals surface area (Å²) in [5, 5.41) is 0. The highest BCUT2D eigenvalue weighted by atomic mass is 16.8. The molecule has 22 heavy (non-hydrogen) atoms. The Balaban J connectivity index is 2.02. The zero-order chi connectivity index (χ0) is 15.9. The van der Waals surface area contributed by atoms with Gasteiger partial charge in [0.1, 0.15) is 0 Å². The summed E-state index contributed by atoms with van der Waals surface area (Å²) in [6.45, 7) is 5.34. The normalized spacial score (nSPS) is 39.1. The number of rotatable bonds is 0. The maximum atomic E-state index is 13.0. The van der Waals surface area contributed by atoms with Gasteiger partial charge in [0, 0.05) is 32.0 Å². The molecular formula is C16H16N2O4. The first kappa shape index (κ1) is 13.5. The van der Waals surface area contributed by atoms with Gasteiger partial charge in [0.05, 0.1) is 0 Å². The van der Waals surface area contributed by atoms with Gasteiger partial charge in [-0.2, -0.15) is 0 Å². The first-order valence-corrected chi connectivity index (χ1v) is 7.14. The van der Waals surface area contributed by atoms with Gasteiger partial charge in [0.2, 0.25) is 11.4 Å². The van der Waals surface area contributed by atoms with E-state index in [1.54, 1.807) is 38.1 Å². The molecule has 3 atom stereocenters. The molecule has 0 radical (unpaired) electrons. The number of benzene rings is 1. The van der Waals surface area contributed by atoms with Crippen LogP contribution in [0.5, 0.6) is 0 Å². The molecule has 1 aromatic carbocycles. The maximum absolute atomic E-state index is 13.0. The number of fused-ring (bicyclic) bond motifs is 4. The lowest BCUT2D eigenvalue weighted by atomic mass is 9.63. The van der Waals surface area contributed by atoms with E-state index in [9.17, 15) is 9.59 Å². The Labute approximate surface area is 127 Å². The van der Waals surface area contributed by atoms with Crippen LogP contribution in [-0.2, 0) is 19.9 Å². The average molecular weight is 300 g/mol. The van der Waals surface area contributed by atoms with Crippen LogP contribution in [0.3, 0.4) is 0 Å². The molecule has 3 aliphatic heterocycles. The van der Waals surface area contributed by atoms with Crippen molar-refractivity contribution < 1.29 is 19.1 Å². The number of imide groups is 1. The standard InChI is InChI=1S/C16H16N2O4/c1-9-17-14(2)15(3,21-9)22-16(14)11-8-6-5-7-10(11)12(19)18(4)13(16)20/h5-8H,1-4H3/t14-,15+,16-/m1/s1. The lowest BCUT2D eigenvalue weighted by Gasteiger charge is -2.62. The first-order valence-electron chi connectivity index (χ1n) is 7.14. The molecule has 2 amide bonds. The Bertz CT molecular complexity index is 773. The van der Waals surface area contributed by atoms with E-state index in [2.05, 4.69) is 4.99 Å². The topological polar surface area (TPSA) is 68.2 Å². The molecule has 1 spiro atoms. The molecule has 1 aromatic rings. The third-order valence-corrected chi connectivity index (χ3v) is 5.09. The van der Waals surface area contributed by atoms with E-state index < -0.39 is 22.8 Å². The Morgan fingerprint density at radius 3 is 2.55 bits per heavy atom. The molecule has 0 unspecified atom stereocenters. The van der Waals surface area contributed by atoms with Crippen molar-refractivity contribution in [3.05, 3.63) is 35.4 Å². The minimum atomic E-state index is -1.32. The Hall–Kier alpha value is -2.21. The smallest absolute Gasteiger partial charge is 0.269 e. The van der Waals surface area contributed by atoms with Gasteiger partial charge >= 0.3 is 0 Å². The Morgan fingerprint density at radius 1 is 1.18 bits per heavy atom. The second-order valence-corrected chi connectivity index (χ2v) is 6.25. The molecule has 6 nitrogen and oxygen atoms in total. The van der Waals surface area contributed by atoms with Crippen molar-refractivity contribution in [2.75, 3.05) is 7.05 Å². The number of ether oxygens (including phenoxy) is 2. The van der Waals surface area contributed by atoms with E-state index in [1.807, 2.05) is 6.92 Å². The van der Waals surface area contributed by atoms with Crippen LogP contribution in [0.25, 0.3) is 0 Å². The fourth-order valence-corrected chi connectivity index (χ4v) is 3.85. The van der Waals surface area contributed by atoms with Crippen LogP contribution in [0.15, 0.2) is 29.3 Å². The van der Waals surface area contributed by atoms with Gasteiger partial charge in [-0.05, 0) is 13.0 Å². The van der Waals surface area contributed by atoms with Crippen molar-refractivity contribution in [2.45, 2.75) is 37.7 Å². The molecule has 0 aromatic heterocycles. The predicted molar refractivity (Wildman–Crippen MR) is 77.3 cm³/mol. The van der Waals surface area contributed by atoms with E-state index in [1.165, 1.54) is 7.05 Å². The van der Waals surface area contributed by atoms with Crippen LogP contribution < -0.4 is 0 Å². The number of nitrogens with zero attached hydrogens (tertiary/aromatic N) is 2. The fourth-order valence-electron chi connectivity index (χ4n) is 3.85. The molecule has 3 aliphatic rings. The maximum Gasteiger partial charge on any atom is 0.269 e. The van der Waals surface area contributed by atoms with Crippen LogP contribution in [0, 0.1) is 0 Å². The summed E-state index contributed by atoms with van der Waals surface area (Å²) < 4.78 is 11.7. The van der Waals surface area contributed by atoms with Gasteiger partial charge in [-0.25, -0.2) is 4.99 Å². The predicted octanol–water partition coefficient (Wildman–Crippen LogP) is 1.45. The number of carbonyl (C=O) groups is 2. The van der Waals surface area contributed by atoms with Crippen molar-refractivity contribution in [2.24, 2.45) is 4.99 Å². The van der Waals surface area contributed by atoms with Gasteiger partial charge in [-0.15, -0.1) is 0 Å². The van der Waals surface area contributed by atoms with E-state index in [0.717, 1.165) is 4.90 Å². The van der Waals surface area contributed by atoms with E-state index in [4.69, 9.17) is 9.47 Å². The molecular weight excluding hydrogens is 284 g/mol. The number of aliphatic imine (C=N–C) groups is 1. The second kappa shape index (κ2) is 3.57. The van der Waals surface area contributed by atoms with Crippen molar-refractivity contribution in [1.82, 2.24) is 4.90 Å². The highest BCUT2D eigenvalue weighted by molar-refractivity contribution is 6.13. The summed E-state index contributed by atoms with van der Waals surface area (Å²) in [6.07, 6.45) is 0. The summed E-state index contributed by atoms with van der Waals surface area (Å²) >= 11 is 0. The summed E-state index contributed by atoms with van der Waals surface area (Å²) in [4.78, 5) is 31.0. The van der Waals surface area contributed by atoms with Gasteiger partial charge in [-0.3, -0.25) is 14.5 Å². The zero-order valence-corrected chi connectivity index (χ0v) is 12.8. The minimum absolute atomic E-state index is 0.327. The average Bonchev–Trinajstić information content (AvgIpc) is 2.66. The summed E-state index contributed by atoms with van der Waals surface area (Å²) in [6, 6.07) is 7.03. The zero-order valence-electron chi connectivity index (χ0n) is 12.8. The molecule has 3 heterocycles. The molecule has 1 fully saturated rings. The summed E-state index contributed by atoms with van der Waals surface area (Å²) in [7, 11) is 1.47. The van der Waals surface area contributed by atoms with Crippen LogP contribution in [0.2, 0.25) is 0 Å². The molecule has 1 saturated heterocycles. The van der Waals surface area contributed by atoms with Crippen molar-refractivity contribution >= 4 is 17.7 Å². The highest BCUT2D eigenvalue weighted by Crippen LogP contribution is 2.63. The number of likely N-dealkylation sites (N-methyl/N-ethyl adjacent to an activating group) is 1. The Kier molecular flexibility index (Phi) is 2.19. The van der Waals surface area contributed by atoms with Crippen molar-refractivity contribution in [3.8, 4) is 0 Å². The monoisotopic (exact) mass is 300 g/mol. The van der Waals surface area contributed by atoms with Crippen LogP contribution >= 0.6 is 0 Å². The molecule has 6 heteroatoms. The van der Waals surface area contributed by atoms with Crippen molar-refractivity contribution in [1.29, 1.82) is 0 Å². The SMILES string of the molecule is CC1=N[C@]2(C)[C@@](C)(O1)O[C@]21C(=O)N(C)C(=O)c2ccccc21. The molecule has 0 aliphatic carbocycles. The third kappa shape index (κ3) is 1.12. The highest BCUT2D eigenvalue weighted by Gasteiger charge is 2.82.